The molecule has 3 rings (SSSR count). The molecule has 0 spiro atoms. The number of nitro groups is 1. The average molecular weight is 386 g/mol. The van der Waals surface area contributed by atoms with Crippen LogP contribution >= 0.6 is 15.9 Å². The number of rotatable bonds is 3. The van der Waals surface area contributed by atoms with Gasteiger partial charge in [0.25, 0.3) is 11.6 Å². The van der Waals surface area contributed by atoms with Crippen LogP contribution in [0.1, 0.15) is 12.5 Å². The van der Waals surface area contributed by atoms with Crippen molar-refractivity contribution in [2.24, 2.45) is 5.10 Å². The molecular formula is C17H12BrN3O3. The van der Waals surface area contributed by atoms with Crippen LogP contribution in [-0.4, -0.2) is 16.5 Å². The first-order chi connectivity index (χ1) is 11.5. The van der Waals surface area contributed by atoms with E-state index in [2.05, 4.69) is 21.0 Å². The first-order valence-corrected chi connectivity index (χ1v) is 7.87. The molecule has 0 N–H and O–H groups in total. The minimum absolute atomic E-state index is 0.0308. The van der Waals surface area contributed by atoms with Gasteiger partial charge in [0.05, 0.1) is 21.9 Å². The fourth-order valence-electron chi connectivity index (χ4n) is 2.30. The van der Waals surface area contributed by atoms with Crippen LogP contribution in [-0.2, 0) is 4.79 Å². The van der Waals surface area contributed by atoms with Gasteiger partial charge in [0.2, 0.25) is 0 Å². The second kappa shape index (κ2) is 6.37. The number of halogens is 1. The van der Waals surface area contributed by atoms with E-state index in [1.165, 1.54) is 29.3 Å². The number of benzene rings is 2. The molecule has 0 fully saturated rings. The highest BCUT2D eigenvalue weighted by Crippen LogP contribution is 2.26. The van der Waals surface area contributed by atoms with Gasteiger partial charge in [-0.3, -0.25) is 14.9 Å². The van der Waals surface area contributed by atoms with E-state index in [1.54, 1.807) is 13.0 Å². The van der Waals surface area contributed by atoms with Gasteiger partial charge in [0.1, 0.15) is 0 Å². The summed E-state index contributed by atoms with van der Waals surface area (Å²) in [7, 11) is 0. The molecule has 120 valence electrons. The molecule has 24 heavy (non-hydrogen) atoms. The van der Waals surface area contributed by atoms with Crippen molar-refractivity contribution in [1.29, 1.82) is 0 Å². The van der Waals surface area contributed by atoms with Crippen LogP contribution in [0.25, 0.3) is 6.08 Å². The lowest BCUT2D eigenvalue weighted by Crippen LogP contribution is -2.21. The van der Waals surface area contributed by atoms with E-state index in [0.717, 1.165) is 10.0 Å². The van der Waals surface area contributed by atoms with Crippen LogP contribution in [0.2, 0.25) is 0 Å². The Morgan fingerprint density at radius 2 is 1.75 bits per heavy atom. The number of carbonyl (C=O) groups excluding carboxylic acids is 1. The monoisotopic (exact) mass is 385 g/mol. The maximum atomic E-state index is 12.6. The van der Waals surface area contributed by atoms with E-state index in [0.29, 0.717) is 17.0 Å². The van der Waals surface area contributed by atoms with E-state index >= 15 is 0 Å². The third-order valence-corrected chi connectivity index (χ3v) is 4.08. The number of carbonyl (C=O) groups is 1. The number of hydrazone groups is 1. The zero-order valence-corrected chi connectivity index (χ0v) is 14.2. The summed E-state index contributed by atoms with van der Waals surface area (Å²) in [6.45, 7) is 1.76. The third-order valence-electron chi connectivity index (χ3n) is 3.55. The summed E-state index contributed by atoms with van der Waals surface area (Å²) in [5.74, 6) is -0.260. The smallest absolute Gasteiger partial charge is 0.267 e. The zero-order valence-electron chi connectivity index (χ0n) is 12.6. The normalized spacial score (nSPS) is 15.8. The molecule has 1 aliphatic heterocycles. The van der Waals surface area contributed by atoms with E-state index in [-0.39, 0.29) is 11.6 Å². The number of hydrogen-bond donors (Lipinski definition) is 0. The van der Waals surface area contributed by atoms with Crippen LogP contribution in [0.15, 0.2) is 63.7 Å². The van der Waals surface area contributed by atoms with Gasteiger partial charge in [-0.2, -0.15) is 10.1 Å². The van der Waals surface area contributed by atoms with E-state index in [1.807, 2.05) is 24.3 Å². The summed E-state index contributed by atoms with van der Waals surface area (Å²) < 4.78 is 0.959. The molecule has 1 amide bonds. The lowest BCUT2D eigenvalue weighted by atomic mass is 10.1. The van der Waals surface area contributed by atoms with Crippen LogP contribution in [0.4, 0.5) is 11.4 Å². The van der Waals surface area contributed by atoms with Gasteiger partial charge in [-0.15, -0.1) is 0 Å². The Morgan fingerprint density at radius 1 is 1.12 bits per heavy atom. The van der Waals surface area contributed by atoms with E-state index in [4.69, 9.17) is 0 Å². The molecule has 1 aliphatic rings. The molecule has 0 saturated heterocycles. The second-order valence-corrected chi connectivity index (χ2v) is 6.10. The minimum atomic E-state index is -0.483. The minimum Gasteiger partial charge on any atom is -0.267 e. The lowest BCUT2D eigenvalue weighted by Gasteiger charge is -2.11. The van der Waals surface area contributed by atoms with Gasteiger partial charge in [-0.1, -0.05) is 28.1 Å². The molecule has 0 radical (unpaired) electrons. The summed E-state index contributed by atoms with van der Waals surface area (Å²) in [6, 6.07) is 13.3. The maximum Gasteiger partial charge on any atom is 0.280 e. The van der Waals surface area contributed by atoms with Crippen molar-refractivity contribution in [1.82, 2.24) is 0 Å². The Labute approximate surface area is 146 Å². The Morgan fingerprint density at radius 3 is 2.33 bits per heavy atom. The predicted molar refractivity (Wildman–Crippen MR) is 95.8 cm³/mol. The Balaban J connectivity index is 1.90. The van der Waals surface area contributed by atoms with Crippen molar-refractivity contribution in [3.63, 3.8) is 0 Å². The van der Waals surface area contributed by atoms with Crippen molar-refractivity contribution < 1.29 is 9.72 Å². The highest BCUT2D eigenvalue weighted by atomic mass is 79.9. The van der Waals surface area contributed by atoms with E-state index in [9.17, 15) is 14.9 Å². The Bertz CT molecular complexity index is 871. The summed E-state index contributed by atoms with van der Waals surface area (Å²) in [5, 5.41) is 16.2. The van der Waals surface area contributed by atoms with Crippen LogP contribution < -0.4 is 5.01 Å². The van der Waals surface area contributed by atoms with Crippen molar-refractivity contribution in [3.05, 3.63) is 74.3 Å². The molecular weight excluding hydrogens is 374 g/mol. The van der Waals surface area contributed by atoms with Gasteiger partial charge in [-0.05, 0) is 42.8 Å². The molecule has 0 aliphatic carbocycles. The van der Waals surface area contributed by atoms with Crippen molar-refractivity contribution in [2.75, 3.05) is 5.01 Å². The van der Waals surface area contributed by atoms with Crippen LogP contribution in [0, 0.1) is 10.1 Å². The molecule has 0 bridgehead atoms. The number of nitro benzene ring substituents is 1. The number of non-ortho nitro benzene ring substituents is 1. The van der Waals surface area contributed by atoms with Crippen LogP contribution in [0.5, 0.6) is 0 Å². The van der Waals surface area contributed by atoms with E-state index < -0.39 is 4.92 Å². The van der Waals surface area contributed by atoms with Gasteiger partial charge in [0, 0.05) is 16.6 Å². The zero-order chi connectivity index (χ0) is 17.3. The third kappa shape index (κ3) is 3.11. The number of nitrogens with zero attached hydrogens (tertiary/aromatic N) is 3. The fourth-order valence-corrected chi connectivity index (χ4v) is 2.56. The summed E-state index contributed by atoms with van der Waals surface area (Å²) in [5.41, 5.74) is 2.44. The molecule has 7 heteroatoms. The van der Waals surface area contributed by atoms with Crippen molar-refractivity contribution >= 4 is 45.0 Å². The van der Waals surface area contributed by atoms with Gasteiger partial charge in [-0.25, -0.2) is 0 Å². The van der Waals surface area contributed by atoms with Gasteiger partial charge < -0.3 is 0 Å². The lowest BCUT2D eigenvalue weighted by molar-refractivity contribution is -0.384. The average Bonchev–Trinajstić information content (AvgIpc) is 2.85. The Kier molecular flexibility index (Phi) is 4.26. The summed E-state index contributed by atoms with van der Waals surface area (Å²) in [4.78, 5) is 22.8. The highest BCUT2D eigenvalue weighted by molar-refractivity contribution is 9.10. The summed E-state index contributed by atoms with van der Waals surface area (Å²) >= 11 is 3.37. The molecule has 1 heterocycles. The SMILES string of the molecule is CC1=NN(c2ccc([N+](=O)[O-])cc2)C(=O)C1=Cc1ccc(Br)cc1. The maximum absolute atomic E-state index is 12.6. The second-order valence-electron chi connectivity index (χ2n) is 5.19. The highest BCUT2D eigenvalue weighted by Gasteiger charge is 2.28. The standard InChI is InChI=1S/C17H12BrN3O3/c1-11-16(10-12-2-4-13(18)5-3-12)17(22)20(19-11)14-6-8-15(9-7-14)21(23)24/h2-10H,1H3. The summed E-state index contributed by atoms with van der Waals surface area (Å²) in [6.07, 6.45) is 1.78. The first kappa shape index (κ1) is 16.1. The van der Waals surface area contributed by atoms with Crippen molar-refractivity contribution in [3.8, 4) is 0 Å². The molecule has 0 unspecified atom stereocenters. The molecule has 6 nitrogen and oxygen atoms in total. The molecule has 0 saturated carbocycles. The quantitative estimate of drug-likeness (QED) is 0.452. The van der Waals surface area contributed by atoms with Crippen molar-refractivity contribution in [2.45, 2.75) is 6.92 Å². The van der Waals surface area contributed by atoms with Crippen LogP contribution in [0.3, 0.4) is 0 Å². The number of anilines is 1. The first-order valence-electron chi connectivity index (χ1n) is 7.07. The molecule has 2 aromatic rings. The number of hydrogen-bond acceptors (Lipinski definition) is 4. The number of amides is 1. The molecule has 0 aromatic heterocycles. The molecule has 0 atom stereocenters. The Hall–Kier alpha value is -2.80. The predicted octanol–water partition coefficient (Wildman–Crippen LogP) is 4.16. The van der Waals surface area contributed by atoms with Gasteiger partial charge >= 0.3 is 0 Å². The fraction of sp³-hybridized carbons (Fsp3) is 0.0588. The topological polar surface area (TPSA) is 75.8 Å². The van der Waals surface area contributed by atoms with Gasteiger partial charge in [0.15, 0.2) is 0 Å². The molecule has 2 aromatic carbocycles. The largest absolute Gasteiger partial charge is 0.280 e.